The van der Waals surface area contributed by atoms with Crippen molar-refractivity contribution in [2.45, 2.75) is 26.7 Å². The summed E-state index contributed by atoms with van der Waals surface area (Å²) in [7, 11) is 0. The van der Waals surface area contributed by atoms with E-state index in [-0.39, 0.29) is 17.6 Å². The molecule has 1 aromatic carbocycles. The van der Waals surface area contributed by atoms with E-state index in [4.69, 9.17) is 0 Å². The normalized spacial score (nSPS) is 16.3. The van der Waals surface area contributed by atoms with E-state index in [1.807, 2.05) is 17.9 Å². The van der Waals surface area contributed by atoms with Crippen LogP contribution in [0, 0.1) is 17.7 Å². The predicted molar refractivity (Wildman–Crippen MR) is 82.5 cm³/mol. The molecule has 1 aliphatic rings. The third-order valence-corrected chi connectivity index (χ3v) is 4.27. The molecule has 2 rings (SSSR count). The summed E-state index contributed by atoms with van der Waals surface area (Å²) in [6, 6.07) is 6.63. The van der Waals surface area contributed by atoms with Gasteiger partial charge in [-0.05, 0) is 49.5 Å². The third kappa shape index (κ3) is 4.27. The van der Waals surface area contributed by atoms with Gasteiger partial charge in [-0.3, -0.25) is 4.79 Å². The van der Waals surface area contributed by atoms with Gasteiger partial charge in [0.25, 0.3) is 0 Å². The highest BCUT2D eigenvalue weighted by molar-refractivity contribution is 5.79. The number of hydrogen-bond donors (Lipinski definition) is 1. The molecule has 4 heteroatoms. The average Bonchev–Trinajstić information content (AvgIpc) is 2.41. The van der Waals surface area contributed by atoms with E-state index in [1.165, 1.54) is 6.07 Å². The highest BCUT2D eigenvalue weighted by atomic mass is 19.1. The van der Waals surface area contributed by atoms with Gasteiger partial charge in [0, 0.05) is 19.0 Å². The summed E-state index contributed by atoms with van der Waals surface area (Å²) >= 11 is 0. The van der Waals surface area contributed by atoms with Gasteiger partial charge in [0.05, 0.1) is 0 Å². The zero-order valence-electron chi connectivity index (χ0n) is 12.9. The Bertz CT molecular complexity index is 474. The number of rotatable bonds is 7. The Morgan fingerprint density at radius 3 is 2.76 bits per heavy atom. The first-order chi connectivity index (χ1) is 10.1. The molecule has 0 saturated carbocycles. The Morgan fingerprint density at radius 2 is 2.19 bits per heavy atom. The molecular formula is C17H25FN2O. The van der Waals surface area contributed by atoms with Crippen molar-refractivity contribution in [3.63, 3.8) is 0 Å². The van der Waals surface area contributed by atoms with E-state index in [1.54, 1.807) is 12.1 Å². The molecule has 0 spiro atoms. The smallest absolute Gasteiger partial charge is 0.225 e. The third-order valence-electron chi connectivity index (χ3n) is 4.27. The Labute approximate surface area is 126 Å². The Kier molecular flexibility index (Phi) is 5.74. The van der Waals surface area contributed by atoms with Crippen LogP contribution in [0.4, 0.5) is 4.39 Å². The first-order valence-electron chi connectivity index (χ1n) is 7.85. The lowest BCUT2D eigenvalue weighted by atomic mass is 9.88. The minimum absolute atomic E-state index is 0.0744. The molecule has 0 aromatic heterocycles. The van der Waals surface area contributed by atoms with Crippen molar-refractivity contribution in [2.75, 3.05) is 26.2 Å². The maximum atomic E-state index is 13.2. The summed E-state index contributed by atoms with van der Waals surface area (Å²) in [5, 5.41) is 3.22. The maximum absolute atomic E-state index is 13.2. The number of nitrogens with one attached hydrogen (secondary N) is 1. The predicted octanol–water partition coefficient (Wildman–Crippen LogP) is 2.46. The molecule has 1 heterocycles. The first kappa shape index (κ1) is 16.0. The minimum Gasteiger partial charge on any atom is -0.342 e. The Balaban J connectivity index is 1.93. The summed E-state index contributed by atoms with van der Waals surface area (Å²) in [5.41, 5.74) is 0.946. The SMILES string of the molecule is CCCN(CCc1cccc(F)c1)C(=O)C(C)C1CNC1. The zero-order valence-corrected chi connectivity index (χ0v) is 12.9. The van der Waals surface area contributed by atoms with E-state index in [0.29, 0.717) is 18.9 Å². The van der Waals surface area contributed by atoms with E-state index in [0.717, 1.165) is 31.6 Å². The van der Waals surface area contributed by atoms with Crippen LogP contribution in [0.15, 0.2) is 24.3 Å². The largest absolute Gasteiger partial charge is 0.342 e. The fraction of sp³-hybridized carbons (Fsp3) is 0.588. The summed E-state index contributed by atoms with van der Waals surface area (Å²) in [6.45, 7) is 7.43. The van der Waals surface area contributed by atoms with Crippen molar-refractivity contribution in [3.05, 3.63) is 35.6 Å². The van der Waals surface area contributed by atoms with Crippen LogP contribution in [-0.2, 0) is 11.2 Å². The molecule has 1 atom stereocenters. The topological polar surface area (TPSA) is 32.3 Å². The van der Waals surface area contributed by atoms with Crippen LogP contribution in [-0.4, -0.2) is 37.0 Å². The van der Waals surface area contributed by atoms with E-state index < -0.39 is 0 Å². The number of carbonyl (C=O) groups excluding carboxylic acids is 1. The van der Waals surface area contributed by atoms with E-state index >= 15 is 0 Å². The minimum atomic E-state index is -0.213. The van der Waals surface area contributed by atoms with Crippen molar-refractivity contribution in [1.29, 1.82) is 0 Å². The van der Waals surface area contributed by atoms with Gasteiger partial charge in [0.15, 0.2) is 0 Å². The maximum Gasteiger partial charge on any atom is 0.225 e. The van der Waals surface area contributed by atoms with Gasteiger partial charge in [-0.2, -0.15) is 0 Å². The lowest BCUT2D eigenvalue weighted by Gasteiger charge is -2.35. The summed E-state index contributed by atoms with van der Waals surface area (Å²) in [4.78, 5) is 14.5. The van der Waals surface area contributed by atoms with Gasteiger partial charge < -0.3 is 10.2 Å². The molecule has 1 saturated heterocycles. The molecule has 1 N–H and O–H groups in total. The van der Waals surface area contributed by atoms with Crippen molar-refractivity contribution in [3.8, 4) is 0 Å². The van der Waals surface area contributed by atoms with Gasteiger partial charge >= 0.3 is 0 Å². The molecule has 0 radical (unpaired) electrons. The summed E-state index contributed by atoms with van der Waals surface area (Å²) in [5.74, 6) is 0.561. The quantitative estimate of drug-likeness (QED) is 0.837. The fourth-order valence-electron chi connectivity index (χ4n) is 2.71. The van der Waals surface area contributed by atoms with Gasteiger partial charge in [-0.25, -0.2) is 4.39 Å². The van der Waals surface area contributed by atoms with Gasteiger partial charge in [-0.15, -0.1) is 0 Å². The number of carbonyl (C=O) groups is 1. The van der Waals surface area contributed by atoms with Crippen LogP contribution in [0.3, 0.4) is 0 Å². The number of hydrogen-bond acceptors (Lipinski definition) is 2. The number of halogens is 1. The summed E-state index contributed by atoms with van der Waals surface area (Å²) < 4.78 is 13.2. The molecule has 21 heavy (non-hydrogen) atoms. The molecular weight excluding hydrogens is 267 g/mol. The molecule has 0 aliphatic carbocycles. The highest BCUT2D eigenvalue weighted by Gasteiger charge is 2.31. The van der Waals surface area contributed by atoms with E-state index in [9.17, 15) is 9.18 Å². The van der Waals surface area contributed by atoms with Crippen molar-refractivity contribution in [1.82, 2.24) is 10.2 Å². The first-order valence-corrected chi connectivity index (χ1v) is 7.85. The van der Waals surface area contributed by atoms with Crippen LogP contribution >= 0.6 is 0 Å². The second-order valence-corrected chi connectivity index (χ2v) is 5.91. The number of amides is 1. The lowest BCUT2D eigenvalue weighted by molar-refractivity contribution is -0.137. The number of benzene rings is 1. The van der Waals surface area contributed by atoms with E-state index in [2.05, 4.69) is 12.2 Å². The van der Waals surface area contributed by atoms with Crippen molar-refractivity contribution >= 4 is 5.91 Å². The standard InChI is InChI=1S/C17H25FN2O/c1-3-8-20(17(21)13(2)15-11-19-12-15)9-7-14-5-4-6-16(18)10-14/h4-6,10,13,15,19H,3,7-9,11-12H2,1-2H3. The van der Waals surface area contributed by atoms with Crippen molar-refractivity contribution in [2.24, 2.45) is 11.8 Å². The van der Waals surface area contributed by atoms with Crippen LogP contribution in [0.25, 0.3) is 0 Å². The molecule has 0 bridgehead atoms. The fourth-order valence-corrected chi connectivity index (χ4v) is 2.71. The van der Waals surface area contributed by atoms with Gasteiger partial charge in [0.1, 0.15) is 5.82 Å². The molecule has 1 aliphatic heterocycles. The van der Waals surface area contributed by atoms with Crippen LogP contribution in [0.2, 0.25) is 0 Å². The monoisotopic (exact) mass is 292 g/mol. The molecule has 1 fully saturated rings. The van der Waals surface area contributed by atoms with Crippen molar-refractivity contribution < 1.29 is 9.18 Å². The van der Waals surface area contributed by atoms with Crippen LogP contribution < -0.4 is 5.32 Å². The Hall–Kier alpha value is -1.42. The van der Waals surface area contributed by atoms with Crippen LogP contribution in [0.5, 0.6) is 0 Å². The second kappa shape index (κ2) is 7.55. The van der Waals surface area contributed by atoms with Crippen LogP contribution in [0.1, 0.15) is 25.8 Å². The summed E-state index contributed by atoms with van der Waals surface area (Å²) in [6.07, 6.45) is 1.66. The van der Waals surface area contributed by atoms with Gasteiger partial charge in [-0.1, -0.05) is 26.0 Å². The molecule has 1 amide bonds. The average molecular weight is 292 g/mol. The molecule has 1 aromatic rings. The van der Waals surface area contributed by atoms with Gasteiger partial charge in [0.2, 0.25) is 5.91 Å². The molecule has 116 valence electrons. The molecule has 3 nitrogen and oxygen atoms in total. The zero-order chi connectivity index (χ0) is 15.2. The highest BCUT2D eigenvalue weighted by Crippen LogP contribution is 2.19. The lowest BCUT2D eigenvalue weighted by Crippen LogP contribution is -2.50. The Morgan fingerprint density at radius 1 is 1.43 bits per heavy atom. The molecule has 1 unspecified atom stereocenters. The number of nitrogens with zero attached hydrogens (tertiary/aromatic N) is 1. The second-order valence-electron chi connectivity index (χ2n) is 5.91.